The fourth-order valence-electron chi connectivity index (χ4n) is 3.17. The predicted molar refractivity (Wildman–Crippen MR) is 84.4 cm³/mol. The zero-order valence-corrected chi connectivity index (χ0v) is 14.5. The van der Waals surface area contributed by atoms with Gasteiger partial charge in [0.25, 0.3) is 5.91 Å². The molecule has 0 bridgehead atoms. The van der Waals surface area contributed by atoms with Gasteiger partial charge in [0.2, 0.25) is 11.9 Å². The molecule has 23 heavy (non-hydrogen) atoms. The highest BCUT2D eigenvalue weighted by atomic mass is 16.7. The van der Waals surface area contributed by atoms with Crippen molar-refractivity contribution in [3.8, 4) is 0 Å². The van der Waals surface area contributed by atoms with Crippen molar-refractivity contribution in [2.75, 3.05) is 26.3 Å². The molecule has 1 N–H and O–H groups in total. The minimum Gasteiger partial charge on any atom is -0.350 e. The molecule has 0 aromatic carbocycles. The van der Waals surface area contributed by atoms with Crippen molar-refractivity contribution >= 4 is 5.91 Å². The van der Waals surface area contributed by atoms with E-state index in [9.17, 15) is 10.0 Å². The van der Waals surface area contributed by atoms with E-state index in [1.807, 2.05) is 25.7 Å². The molecule has 128 valence electrons. The summed E-state index contributed by atoms with van der Waals surface area (Å²) in [7, 11) is 0. The molecule has 0 saturated carbocycles. The second kappa shape index (κ2) is 7.27. The van der Waals surface area contributed by atoms with Crippen molar-refractivity contribution in [3.63, 3.8) is 0 Å². The first-order chi connectivity index (χ1) is 10.9. The number of nitrogens with zero attached hydrogens (tertiary/aromatic N) is 2. The Hall–Kier alpha value is -1.66. The van der Waals surface area contributed by atoms with Crippen molar-refractivity contribution in [2.24, 2.45) is 0 Å². The van der Waals surface area contributed by atoms with E-state index in [0.29, 0.717) is 50.4 Å². The molecule has 2 heterocycles. The Morgan fingerprint density at radius 2 is 1.83 bits per heavy atom. The summed E-state index contributed by atoms with van der Waals surface area (Å²) in [5.74, 6) is -0.622. The van der Waals surface area contributed by atoms with Crippen LogP contribution in [-0.2, 0) is 9.47 Å². The molecule has 0 spiro atoms. The summed E-state index contributed by atoms with van der Waals surface area (Å²) in [6, 6.07) is 1.74. The van der Waals surface area contributed by atoms with Crippen LogP contribution in [0.25, 0.3) is 0 Å². The van der Waals surface area contributed by atoms with E-state index >= 15 is 0 Å². The lowest BCUT2D eigenvalue weighted by Gasteiger charge is -2.41. The van der Waals surface area contributed by atoms with E-state index in [1.165, 1.54) is 0 Å². The molecular weight excluding hydrogens is 296 g/mol. The average Bonchev–Trinajstić information content (AvgIpc) is 2.52. The fraction of sp³-hybridized carbons (Fsp3) is 0.647. The van der Waals surface area contributed by atoms with E-state index in [-0.39, 0.29) is 5.91 Å². The number of pyridine rings is 1. The second-order valence-corrected chi connectivity index (χ2v) is 5.87. The summed E-state index contributed by atoms with van der Waals surface area (Å²) in [6.45, 7) is 9.88. The van der Waals surface area contributed by atoms with Crippen LogP contribution >= 0.6 is 0 Å². The molecule has 0 unspecified atom stereocenters. The van der Waals surface area contributed by atoms with Crippen LogP contribution in [-0.4, -0.2) is 48.1 Å². The monoisotopic (exact) mass is 323 g/mol. The molecule has 0 atom stereocenters. The van der Waals surface area contributed by atoms with Crippen LogP contribution in [0, 0.1) is 13.8 Å². The maximum Gasteiger partial charge on any atom is 0.260 e. The molecule has 6 heteroatoms. The minimum atomic E-state index is -0.571. The van der Waals surface area contributed by atoms with Gasteiger partial charge in [-0.3, -0.25) is 10.0 Å². The molecule has 2 rings (SSSR count). The quantitative estimate of drug-likeness (QED) is 0.510. The lowest BCUT2D eigenvalue weighted by atomic mass is 10.0. The minimum absolute atomic E-state index is 0.0509. The number of carbonyl (C=O) groups is 1. The fourth-order valence-corrected chi connectivity index (χ4v) is 3.17. The summed E-state index contributed by atoms with van der Waals surface area (Å²) in [5, 5.41) is 9.80. The highest BCUT2D eigenvalue weighted by Gasteiger charge is 2.38. The van der Waals surface area contributed by atoms with Gasteiger partial charge < -0.3 is 14.4 Å². The first-order valence-electron chi connectivity index (χ1n) is 8.22. The Morgan fingerprint density at radius 3 is 2.35 bits per heavy atom. The van der Waals surface area contributed by atoms with Gasteiger partial charge in [-0.2, -0.15) is 0 Å². The molecular formula is C17H27N2O4+. The van der Waals surface area contributed by atoms with Crippen LogP contribution in [0.3, 0.4) is 0 Å². The lowest BCUT2D eigenvalue weighted by Crippen LogP contribution is -2.50. The first-order valence-corrected chi connectivity index (χ1v) is 8.22. The number of aryl methyl sites for hydroxylation is 1. The number of likely N-dealkylation sites (tertiary alicyclic amines) is 1. The zero-order valence-electron chi connectivity index (χ0n) is 14.5. The standard InChI is InChI=1S/C17H27N2O4/c1-5-22-17(23-6-2)8-11-18(12-9-17)16(20)15-13(3)7-10-19(21)14(15)4/h7,10,21H,5-6,8-9,11-12H2,1-4H3/q+1. The number of piperidine rings is 1. The summed E-state index contributed by atoms with van der Waals surface area (Å²) < 4.78 is 12.6. The Labute approximate surface area is 137 Å². The van der Waals surface area contributed by atoms with Crippen molar-refractivity contribution in [2.45, 2.75) is 46.3 Å². The number of amides is 1. The third-order valence-electron chi connectivity index (χ3n) is 4.41. The van der Waals surface area contributed by atoms with Gasteiger partial charge >= 0.3 is 0 Å². The number of hydrogen-bond acceptors (Lipinski definition) is 4. The largest absolute Gasteiger partial charge is 0.350 e. The van der Waals surface area contributed by atoms with Crippen LogP contribution in [0.4, 0.5) is 0 Å². The molecule has 0 radical (unpaired) electrons. The average molecular weight is 323 g/mol. The smallest absolute Gasteiger partial charge is 0.260 e. The number of hydrogen-bond donors (Lipinski definition) is 1. The predicted octanol–water partition coefficient (Wildman–Crippen LogP) is 1.83. The van der Waals surface area contributed by atoms with Gasteiger partial charge in [0, 0.05) is 56.9 Å². The molecule has 1 aromatic rings. The van der Waals surface area contributed by atoms with Gasteiger partial charge in [0.15, 0.2) is 5.79 Å². The summed E-state index contributed by atoms with van der Waals surface area (Å²) in [5.41, 5.74) is 1.99. The highest BCUT2D eigenvalue weighted by molar-refractivity contribution is 5.96. The Balaban J connectivity index is 2.14. The van der Waals surface area contributed by atoms with Gasteiger partial charge in [0.1, 0.15) is 5.56 Å². The van der Waals surface area contributed by atoms with Gasteiger partial charge in [-0.25, -0.2) is 0 Å². The third-order valence-corrected chi connectivity index (χ3v) is 4.41. The van der Waals surface area contributed by atoms with Gasteiger partial charge in [-0.1, -0.05) is 0 Å². The van der Waals surface area contributed by atoms with Crippen LogP contribution in [0.5, 0.6) is 0 Å². The van der Waals surface area contributed by atoms with Crippen LogP contribution in [0.15, 0.2) is 12.3 Å². The van der Waals surface area contributed by atoms with E-state index in [0.717, 1.165) is 10.3 Å². The molecule has 1 aliphatic heterocycles. The number of carbonyl (C=O) groups excluding carboxylic acids is 1. The summed E-state index contributed by atoms with van der Waals surface area (Å²) >= 11 is 0. The maximum atomic E-state index is 12.8. The van der Waals surface area contributed by atoms with Gasteiger partial charge in [-0.15, -0.1) is 0 Å². The van der Waals surface area contributed by atoms with Crippen LogP contribution < -0.4 is 4.73 Å². The van der Waals surface area contributed by atoms with Crippen molar-refractivity contribution in [3.05, 3.63) is 29.1 Å². The van der Waals surface area contributed by atoms with E-state index in [2.05, 4.69) is 0 Å². The Morgan fingerprint density at radius 1 is 1.26 bits per heavy atom. The lowest BCUT2D eigenvalue weighted by molar-refractivity contribution is -0.908. The first kappa shape index (κ1) is 17.7. The summed E-state index contributed by atoms with van der Waals surface area (Å²) in [4.78, 5) is 14.7. The highest BCUT2D eigenvalue weighted by Crippen LogP contribution is 2.29. The van der Waals surface area contributed by atoms with Gasteiger partial charge in [-0.05, 0) is 26.3 Å². The number of aromatic nitrogens is 1. The van der Waals surface area contributed by atoms with Crippen LogP contribution in [0.1, 0.15) is 48.3 Å². The molecule has 1 aliphatic rings. The normalized spacial score (nSPS) is 17.3. The maximum absolute atomic E-state index is 12.8. The molecule has 1 amide bonds. The van der Waals surface area contributed by atoms with E-state index < -0.39 is 5.79 Å². The van der Waals surface area contributed by atoms with Crippen molar-refractivity contribution in [1.29, 1.82) is 0 Å². The molecule has 1 saturated heterocycles. The zero-order chi connectivity index (χ0) is 17.0. The SMILES string of the molecule is CCOC1(OCC)CCN(C(=O)c2c(C)cc[n+](O)c2C)CC1. The summed E-state index contributed by atoms with van der Waals surface area (Å²) in [6.07, 6.45) is 2.86. The van der Waals surface area contributed by atoms with E-state index in [4.69, 9.17) is 9.47 Å². The van der Waals surface area contributed by atoms with Crippen molar-refractivity contribution in [1.82, 2.24) is 4.90 Å². The molecule has 1 fully saturated rings. The van der Waals surface area contributed by atoms with E-state index in [1.54, 1.807) is 19.2 Å². The van der Waals surface area contributed by atoms with Gasteiger partial charge in [0.05, 0.1) is 0 Å². The molecule has 0 aliphatic carbocycles. The third kappa shape index (κ3) is 3.64. The Bertz CT molecular complexity index is 558. The second-order valence-electron chi connectivity index (χ2n) is 5.87. The number of ether oxygens (including phenoxy) is 2. The van der Waals surface area contributed by atoms with Crippen LogP contribution in [0.2, 0.25) is 0 Å². The Kier molecular flexibility index (Phi) is 5.59. The molecule has 1 aromatic heterocycles. The number of rotatable bonds is 5. The topological polar surface area (TPSA) is 62.9 Å². The van der Waals surface area contributed by atoms with Crippen molar-refractivity contribution < 1.29 is 24.2 Å². The molecule has 6 nitrogen and oxygen atoms in total.